The average Bonchev–Trinajstić information content (AvgIpc) is 2.84. The molecule has 2 heterocycles. The predicted octanol–water partition coefficient (Wildman–Crippen LogP) is 1.70. The Morgan fingerprint density at radius 2 is 2.19 bits per heavy atom. The maximum Gasteiger partial charge on any atom is 0.231 e. The molecule has 0 radical (unpaired) electrons. The number of nitrogen functional groups attached to an aromatic ring is 1. The molecule has 0 aliphatic carbocycles. The van der Waals surface area contributed by atoms with E-state index in [1.54, 1.807) is 6.20 Å². The van der Waals surface area contributed by atoms with Gasteiger partial charge in [0.1, 0.15) is 5.82 Å². The van der Waals surface area contributed by atoms with Crippen molar-refractivity contribution in [2.75, 3.05) is 12.5 Å². The molecule has 0 atom stereocenters. The van der Waals surface area contributed by atoms with Crippen LogP contribution in [0.5, 0.6) is 11.5 Å². The van der Waals surface area contributed by atoms with Crippen molar-refractivity contribution in [1.82, 2.24) is 10.2 Å². The number of aromatic amines is 1. The van der Waals surface area contributed by atoms with E-state index in [4.69, 9.17) is 15.2 Å². The van der Waals surface area contributed by atoms with E-state index in [1.165, 1.54) is 0 Å². The fraction of sp³-hybridized carbons (Fsp3) is 0.182. The van der Waals surface area contributed by atoms with Gasteiger partial charge in [-0.15, -0.1) is 0 Å². The van der Waals surface area contributed by atoms with Gasteiger partial charge in [0.25, 0.3) is 0 Å². The Morgan fingerprint density at radius 3 is 2.94 bits per heavy atom. The first-order valence-electron chi connectivity index (χ1n) is 4.95. The topological polar surface area (TPSA) is 73.2 Å². The number of hydrogen-bond donors (Lipinski definition) is 2. The van der Waals surface area contributed by atoms with E-state index in [9.17, 15) is 0 Å². The highest BCUT2D eigenvalue weighted by atomic mass is 16.7. The van der Waals surface area contributed by atoms with Gasteiger partial charge in [0.05, 0.1) is 6.20 Å². The highest BCUT2D eigenvalue weighted by Gasteiger charge is 2.21. The molecule has 1 aromatic heterocycles. The van der Waals surface area contributed by atoms with Crippen LogP contribution in [0.15, 0.2) is 18.3 Å². The third-order valence-corrected chi connectivity index (χ3v) is 2.58. The molecule has 5 nitrogen and oxygen atoms in total. The molecule has 3 N–H and O–H groups in total. The number of aromatic nitrogens is 2. The number of benzene rings is 1. The van der Waals surface area contributed by atoms with E-state index < -0.39 is 0 Å². The van der Waals surface area contributed by atoms with E-state index in [2.05, 4.69) is 10.2 Å². The van der Waals surface area contributed by atoms with Crippen LogP contribution in [0.25, 0.3) is 11.1 Å². The molecule has 3 rings (SSSR count). The summed E-state index contributed by atoms with van der Waals surface area (Å²) in [6, 6.07) is 3.96. The zero-order valence-corrected chi connectivity index (χ0v) is 8.78. The molecule has 0 saturated heterocycles. The van der Waals surface area contributed by atoms with Gasteiger partial charge in [0.15, 0.2) is 11.5 Å². The smallest absolute Gasteiger partial charge is 0.231 e. The first-order valence-corrected chi connectivity index (χ1v) is 4.95. The van der Waals surface area contributed by atoms with Crippen LogP contribution in [0.3, 0.4) is 0 Å². The number of anilines is 1. The van der Waals surface area contributed by atoms with Crippen molar-refractivity contribution in [3.63, 3.8) is 0 Å². The van der Waals surface area contributed by atoms with Crippen molar-refractivity contribution in [2.45, 2.75) is 6.92 Å². The van der Waals surface area contributed by atoms with E-state index in [1.807, 2.05) is 19.1 Å². The van der Waals surface area contributed by atoms with E-state index in [0.29, 0.717) is 5.82 Å². The maximum absolute atomic E-state index is 5.80. The predicted molar refractivity (Wildman–Crippen MR) is 59.3 cm³/mol. The lowest BCUT2D eigenvalue weighted by molar-refractivity contribution is 0.174. The maximum atomic E-state index is 5.80. The number of nitrogens with two attached hydrogens (primary N) is 1. The second kappa shape index (κ2) is 3.16. The van der Waals surface area contributed by atoms with Crippen LogP contribution < -0.4 is 15.2 Å². The lowest BCUT2D eigenvalue weighted by Gasteiger charge is -2.06. The molecule has 16 heavy (non-hydrogen) atoms. The summed E-state index contributed by atoms with van der Waals surface area (Å²) in [6.07, 6.45) is 1.69. The summed E-state index contributed by atoms with van der Waals surface area (Å²) >= 11 is 0. The Kier molecular flexibility index (Phi) is 1.80. The van der Waals surface area contributed by atoms with E-state index >= 15 is 0 Å². The normalized spacial score (nSPS) is 13.1. The van der Waals surface area contributed by atoms with Gasteiger partial charge in [-0.05, 0) is 24.6 Å². The van der Waals surface area contributed by atoms with Gasteiger partial charge in [0, 0.05) is 11.1 Å². The fourth-order valence-electron chi connectivity index (χ4n) is 1.86. The molecule has 0 amide bonds. The third kappa shape index (κ3) is 1.21. The van der Waals surface area contributed by atoms with Gasteiger partial charge in [-0.1, -0.05) is 0 Å². The molecule has 1 aliphatic rings. The first kappa shape index (κ1) is 9.08. The summed E-state index contributed by atoms with van der Waals surface area (Å²) in [6.45, 7) is 2.26. The molecule has 2 aromatic rings. The van der Waals surface area contributed by atoms with Crippen LogP contribution in [-0.2, 0) is 0 Å². The third-order valence-electron chi connectivity index (χ3n) is 2.58. The van der Waals surface area contributed by atoms with Crippen molar-refractivity contribution in [1.29, 1.82) is 0 Å². The van der Waals surface area contributed by atoms with Crippen molar-refractivity contribution >= 4 is 5.82 Å². The quantitative estimate of drug-likeness (QED) is 0.762. The van der Waals surface area contributed by atoms with Crippen molar-refractivity contribution in [2.24, 2.45) is 0 Å². The summed E-state index contributed by atoms with van der Waals surface area (Å²) in [5.74, 6) is 2.03. The van der Waals surface area contributed by atoms with Gasteiger partial charge < -0.3 is 15.2 Å². The number of H-pyrrole nitrogens is 1. The summed E-state index contributed by atoms with van der Waals surface area (Å²) in [5, 5.41) is 6.62. The van der Waals surface area contributed by atoms with E-state index in [-0.39, 0.29) is 6.79 Å². The molecule has 0 saturated carbocycles. The largest absolute Gasteiger partial charge is 0.454 e. The fourth-order valence-corrected chi connectivity index (χ4v) is 1.86. The Bertz CT molecular complexity index is 548. The summed E-state index contributed by atoms with van der Waals surface area (Å²) < 4.78 is 10.8. The number of fused-ring (bicyclic) bond motifs is 1. The number of rotatable bonds is 1. The van der Waals surface area contributed by atoms with Gasteiger partial charge in [-0.25, -0.2) is 0 Å². The molecule has 82 valence electrons. The minimum absolute atomic E-state index is 0.254. The van der Waals surface area contributed by atoms with Crippen LogP contribution in [0.4, 0.5) is 5.82 Å². The van der Waals surface area contributed by atoms with E-state index in [0.717, 1.165) is 28.2 Å². The Balaban J connectivity index is 2.25. The molecular formula is C11H11N3O2. The standard InChI is InChI=1S/C11H11N3O2/c1-6-2-7(8-4-13-14-11(8)12)10-9(3-6)15-5-16-10/h2-4H,5H2,1H3,(H3,12,13,14). The molecule has 0 fully saturated rings. The summed E-state index contributed by atoms with van der Waals surface area (Å²) in [5.41, 5.74) is 8.65. The number of aryl methyl sites for hydroxylation is 1. The SMILES string of the molecule is Cc1cc2c(c(-c3cn[nH]c3N)c1)OCO2. The van der Waals surface area contributed by atoms with Crippen LogP contribution in [0, 0.1) is 6.92 Å². The molecule has 1 aliphatic heterocycles. The number of hydrogen-bond acceptors (Lipinski definition) is 4. The zero-order valence-electron chi connectivity index (χ0n) is 8.78. The Morgan fingerprint density at radius 1 is 1.31 bits per heavy atom. The second-order valence-corrected chi connectivity index (χ2v) is 3.74. The summed E-state index contributed by atoms with van der Waals surface area (Å²) in [7, 11) is 0. The number of ether oxygens (including phenoxy) is 2. The lowest BCUT2D eigenvalue weighted by Crippen LogP contribution is -1.94. The first-order chi connectivity index (χ1) is 7.75. The van der Waals surface area contributed by atoms with Crippen molar-refractivity contribution in [3.05, 3.63) is 23.9 Å². The second-order valence-electron chi connectivity index (χ2n) is 3.74. The molecule has 0 unspecified atom stereocenters. The lowest BCUT2D eigenvalue weighted by atomic mass is 10.0. The van der Waals surface area contributed by atoms with Gasteiger partial charge in [0.2, 0.25) is 6.79 Å². The van der Waals surface area contributed by atoms with Crippen LogP contribution in [0.2, 0.25) is 0 Å². The van der Waals surface area contributed by atoms with Crippen LogP contribution >= 0.6 is 0 Å². The van der Waals surface area contributed by atoms with Crippen molar-refractivity contribution in [3.8, 4) is 22.6 Å². The molecule has 0 bridgehead atoms. The van der Waals surface area contributed by atoms with Gasteiger partial charge >= 0.3 is 0 Å². The molecular weight excluding hydrogens is 206 g/mol. The zero-order chi connectivity index (χ0) is 11.1. The highest BCUT2D eigenvalue weighted by Crippen LogP contribution is 2.43. The van der Waals surface area contributed by atoms with Gasteiger partial charge in [-0.3, -0.25) is 5.10 Å². The highest BCUT2D eigenvalue weighted by molar-refractivity contribution is 5.81. The molecule has 5 heteroatoms. The monoisotopic (exact) mass is 217 g/mol. The Hall–Kier alpha value is -2.17. The van der Waals surface area contributed by atoms with Crippen LogP contribution in [-0.4, -0.2) is 17.0 Å². The van der Waals surface area contributed by atoms with Crippen LogP contribution in [0.1, 0.15) is 5.56 Å². The summed E-state index contributed by atoms with van der Waals surface area (Å²) in [4.78, 5) is 0. The molecule has 0 spiro atoms. The molecule has 1 aromatic carbocycles. The Labute approximate surface area is 92.2 Å². The van der Waals surface area contributed by atoms with Gasteiger partial charge in [-0.2, -0.15) is 5.10 Å². The minimum Gasteiger partial charge on any atom is -0.454 e. The van der Waals surface area contributed by atoms with Crippen molar-refractivity contribution < 1.29 is 9.47 Å². The number of nitrogens with zero attached hydrogens (tertiary/aromatic N) is 1. The number of nitrogens with one attached hydrogen (secondary N) is 1. The minimum atomic E-state index is 0.254. The average molecular weight is 217 g/mol.